The van der Waals surface area contributed by atoms with E-state index in [1.807, 2.05) is 24.3 Å². The SMILES string of the molecule is COCCOc1cccc(C(=O)NCC2CCN(c3ccccc3)C2)c1. The zero-order valence-corrected chi connectivity index (χ0v) is 15.2. The number of rotatable bonds is 8. The highest BCUT2D eigenvalue weighted by Gasteiger charge is 2.23. The number of carbonyl (C=O) groups excluding carboxylic acids is 1. The third kappa shape index (κ3) is 4.99. The Morgan fingerprint density at radius 2 is 2.00 bits per heavy atom. The van der Waals surface area contributed by atoms with E-state index in [4.69, 9.17) is 9.47 Å². The third-order valence-corrected chi connectivity index (χ3v) is 4.61. The average molecular weight is 354 g/mol. The number of ether oxygens (including phenoxy) is 2. The molecule has 5 nitrogen and oxygen atoms in total. The van der Waals surface area contributed by atoms with Gasteiger partial charge in [0.2, 0.25) is 0 Å². The van der Waals surface area contributed by atoms with Crippen LogP contribution in [0.1, 0.15) is 16.8 Å². The molecule has 1 aliphatic heterocycles. The molecular formula is C21H26N2O3. The van der Waals surface area contributed by atoms with Gasteiger partial charge in [0.25, 0.3) is 5.91 Å². The first kappa shape index (κ1) is 18.3. The van der Waals surface area contributed by atoms with Crippen molar-refractivity contribution >= 4 is 11.6 Å². The third-order valence-electron chi connectivity index (χ3n) is 4.61. The van der Waals surface area contributed by atoms with E-state index in [9.17, 15) is 4.79 Å². The second-order valence-electron chi connectivity index (χ2n) is 6.52. The van der Waals surface area contributed by atoms with E-state index in [-0.39, 0.29) is 5.91 Å². The molecule has 5 heteroatoms. The van der Waals surface area contributed by atoms with Crippen molar-refractivity contribution in [1.82, 2.24) is 5.32 Å². The summed E-state index contributed by atoms with van der Waals surface area (Å²) in [5.74, 6) is 1.10. The van der Waals surface area contributed by atoms with E-state index in [0.29, 0.717) is 37.0 Å². The van der Waals surface area contributed by atoms with E-state index in [0.717, 1.165) is 19.5 Å². The Bertz CT molecular complexity index is 705. The lowest BCUT2D eigenvalue weighted by atomic mass is 10.1. The number of para-hydroxylation sites is 1. The summed E-state index contributed by atoms with van der Waals surface area (Å²) >= 11 is 0. The number of nitrogens with zero attached hydrogens (tertiary/aromatic N) is 1. The number of hydrogen-bond acceptors (Lipinski definition) is 4. The van der Waals surface area contributed by atoms with Crippen molar-refractivity contribution in [3.63, 3.8) is 0 Å². The van der Waals surface area contributed by atoms with Gasteiger partial charge in [-0.15, -0.1) is 0 Å². The van der Waals surface area contributed by atoms with Gasteiger partial charge in [0.15, 0.2) is 0 Å². The molecule has 1 heterocycles. The van der Waals surface area contributed by atoms with Gasteiger partial charge in [-0.25, -0.2) is 0 Å². The molecule has 1 saturated heterocycles. The fourth-order valence-electron chi connectivity index (χ4n) is 3.18. The molecule has 2 aromatic rings. The van der Waals surface area contributed by atoms with Crippen LogP contribution in [0.3, 0.4) is 0 Å². The van der Waals surface area contributed by atoms with Crippen molar-refractivity contribution in [3.05, 3.63) is 60.2 Å². The van der Waals surface area contributed by atoms with Crippen molar-refractivity contribution in [2.45, 2.75) is 6.42 Å². The number of benzene rings is 2. The molecule has 0 spiro atoms. The van der Waals surface area contributed by atoms with Crippen molar-refractivity contribution in [3.8, 4) is 5.75 Å². The number of nitrogens with one attached hydrogen (secondary N) is 1. The van der Waals surface area contributed by atoms with Gasteiger partial charge < -0.3 is 19.7 Å². The van der Waals surface area contributed by atoms with Crippen LogP contribution in [-0.2, 0) is 4.74 Å². The van der Waals surface area contributed by atoms with Gasteiger partial charge in [-0.2, -0.15) is 0 Å². The Hall–Kier alpha value is -2.53. The number of carbonyl (C=O) groups is 1. The minimum atomic E-state index is -0.0552. The highest BCUT2D eigenvalue weighted by molar-refractivity contribution is 5.94. The van der Waals surface area contributed by atoms with E-state index in [2.05, 4.69) is 34.5 Å². The largest absolute Gasteiger partial charge is 0.491 e. The van der Waals surface area contributed by atoms with Crippen LogP contribution < -0.4 is 15.0 Å². The Labute approximate surface area is 154 Å². The van der Waals surface area contributed by atoms with Crippen LogP contribution >= 0.6 is 0 Å². The number of methoxy groups -OCH3 is 1. The summed E-state index contributed by atoms with van der Waals surface area (Å²) in [6.07, 6.45) is 1.09. The number of anilines is 1. The normalized spacial score (nSPS) is 16.5. The molecule has 1 aliphatic rings. The Morgan fingerprint density at radius 1 is 1.15 bits per heavy atom. The fourth-order valence-corrected chi connectivity index (χ4v) is 3.18. The zero-order chi connectivity index (χ0) is 18.2. The van der Waals surface area contributed by atoms with Crippen LogP contribution in [0.25, 0.3) is 0 Å². The maximum absolute atomic E-state index is 12.4. The van der Waals surface area contributed by atoms with Gasteiger partial charge in [0, 0.05) is 38.0 Å². The van der Waals surface area contributed by atoms with Gasteiger partial charge in [-0.05, 0) is 42.7 Å². The van der Waals surface area contributed by atoms with Crippen LogP contribution in [-0.4, -0.2) is 45.9 Å². The first-order valence-corrected chi connectivity index (χ1v) is 9.06. The zero-order valence-electron chi connectivity index (χ0n) is 15.2. The first-order chi connectivity index (χ1) is 12.8. The minimum Gasteiger partial charge on any atom is -0.491 e. The van der Waals surface area contributed by atoms with Crippen LogP contribution in [0.2, 0.25) is 0 Å². The molecule has 2 aromatic carbocycles. The molecule has 1 atom stereocenters. The lowest BCUT2D eigenvalue weighted by Gasteiger charge is -2.18. The average Bonchev–Trinajstić information content (AvgIpc) is 3.16. The van der Waals surface area contributed by atoms with Gasteiger partial charge in [-0.3, -0.25) is 4.79 Å². The van der Waals surface area contributed by atoms with Crippen LogP contribution in [0.5, 0.6) is 5.75 Å². The molecule has 0 aliphatic carbocycles. The minimum absolute atomic E-state index is 0.0552. The molecule has 3 rings (SSSR count). The maximum atomic E-state index is 12.4. The molecule has 0 radical (unpaired) electrons. The van der Waals surface area contributed by atoms with E-state index < -0.39 is 0 Å². The number of hydrogen-bond donors (Lipinski definition) is 1. The summed E-state index contributed by atoms with van der Waals surface area (Å²) in [4.78, 5) is 14.8. The maximum Gasteiger partial charge on any atom is 0.251 e. The van der Waals surface area contributed by atoms with Crippen molar-refractivity contribution < 1.29 is 14.3 Å². The second kappa shape index (κ2) is 9.25. The molecule has 0 bridgehead atoms. The lowest BCUT2D eigenvalue weighted by Crippen LogP contribution is -2.31. The summed E-state index contributed by atoms with van der Waals surface area (Å²) in [7, 11) is 1.63. The topological polar surface area (TPSA) is 50.8 Å². The van der Waals surface area contributed by atoms with Crippen LogP contribution in [0.15, 0.2) is 54.6 Å². The molecule has 0 saturated carbocycles. The molecule has 138 valence electrons. The molecule has 1 unspecified atom stereocenters. The predicted molar refractivity (Wildman–Crippen MR) is 103 cm³/mol. The summed E-state index contributed by atoms with van der Waals surface area (Å²) in [6.45, 7) is 3.70. The van der Waals surface area contributed by atoms with Crippen molar-refractivity contribution in [1.29, 1.82) is 0 Å². The molecule has 1 fully saturated rings. The Morgan fingerprint density at radius 3 is 2.81 bits per heavy atom. The first-order valence-electron chi connectivity index (χ1n) is 9.06. The standard InChI is InChI=1S/C21H26N2O3/c1-25-12-13-26-20-9-5-6-18(14-20)21(24)22-15-17-10-11-23(16-17)19-7-3-2-4-8-19/h2-9,14,17H,10-13,15-16H2,1H3,(H,22,24). The van der Waals surface area contributed by atoms with Crippen molar-refractivity contribution in [2.75, 3.05) is 44.9 Å². The Kier molecular flexibility index (Phi) is 6.50. The number of amides is 1. The molecule has 26 heavy (non-hydrogen) atoms. The summed E-state index contributed by atoms with van der Waals surface area (Å²) < 4.78 is 10.5. The lowest BCUT2D eigenvalue weighted by molar-refractivity contribution is 0.0947. The highest BCUT2D eigenvalue weighted by atomic mass is 16.5. The van der Waals surface area contributed by atoms with Crippen molar-refractivity contribution in [2.24, 2.45) is 5.92 Å². The Balaban J connectivity index is 1.48. The predicted octanol–water partition coefficient (Wildman–Crippen LogP) is 2.97. The molecule has 1 amide bonds. The summed E-state index contributed by atoms with van der Waals surface area (Å²) in [6, 6.07) is 17.7. The van der Waals surface area contributed by atoms with Gasteiger partial charge in [-0.1, -0.05) is 24.3 Å². The van der Waals surface area contributed by atoms with Gasteiger partial charge in [0.05, 0.1) is 6.61 Å². The molecule has 0 aromatic heterocycles. The van der Waals surface area contributed by atoms with E-state index in [1.54, 1.807) is 13.2 Å². The monoisotopic (exact) mass is 354 g/mol. The summed E-state index contributed by atoms with van der Waals surface area (Å²) in [5, 5.41) is 3.06. The van der Waals surface area contributed by atoms with Crippen LogP contribution in [0.4, 0.5) is 5.69 Å². The second-order valence-corrected chi connectivity index (χ2v) is 6.52. The fraction of sp³-hybridized carbons (Fsp3) is 0.381. The van der Waals surface area contributed by atoms with E-state index >= 15 is 0 Å². The van der Waals surface area contributed by atoms with Gasteiger partial charge >= 0.3 is 0 Å². The summed E-state index contributed by atoms with van der Waals surface area (Å²) in [5.41, 5.74) is 1.88. The van der Waals surface area contributed by atoms with Gasteiger partial charge in [0.1, 0.15) is 12.4 Å². The smallest absolute Gasteiger partial charge is 0.251 e. The highest BCUT2D eigenvalue weighted by Crippen LogP contribution is 2.23. The molecule has 1 N–H and O–H groups in total. The van der Waals surface area contributed by atoms with Crippen LogP contribution in [0, 0.1) is 5.92 Å². The quantitative estimate of drug-likeness (QED) is 0.741. The molecular weight excluding hydrogens is 328 g/mol. The van der Waals surface area contributed by atoms with E-state index in [1.165, 1.54) is 5.69 Å².